The molecule has 1 aliphatic rings. The lowest BCUT2D eigenvalue weighted by molar-refractivity contribution is -0.139. The lowest BCUT2D eigenvalue weighted by Crippen LogP contribution is -2.50. The van der Waals surface area contributed by atoms with Gasteiger partial charge >= 0.3 is 11.8 Å². The molecule has 7 nitrogen and oxygen atoms in total. The molecule has 0 unspecified atom stereocenters. The van der Waals surface area contributed by atoms with Gasteiger partial charge in [-0.05, 0) is 29.8 Å². The van der Waals surface area contributed by atoms with Crippen LogP contribution in [-0.2, 0) is 16.1 Å². The van der Waals surface area contributed by atoms with E-state index in [2.05, 4.69) is 32.3 Å². The normalized spacial score (nSPS) is 16.1. The quantitative estimate of drug-likeness (QED) is 0.657. The second-order valence-electron chi connectivity index (χ2n) is 7.26. The highest BCUT2D eigenvalue weighted by Gasteiger charge is 2.26. The van der Waals surface area contributed by atoms with Crippen LogP contribution in [0.25, 0.3) is 0 Å². The van der Waals surface area contributed by atoms with Crippen LogP contribution in [0.4, 0.5) is 0 Å². The molecular formula is C22H28ClN5O2. The minimum Gasteiger partial charge on any atom is -0.346 e. The van der Waals surface area contributed by atoms with Crippen molar-refractivity contribution in [3.63, 3.8) is 0 Å². The van der Waals surface area contributed by atoms with Crippen LogP contribution in [0.3, 0.4) is 0 Å². The molecule has 2 amide bonds. The van der Waals surface area contributed by atoms with Crippen molar-refractivity contribution in [2.45, 2.75) is 19.5 Å². The van der Waals surface area contributed by atoms with Crippen LogP contribution in [0.5, 0.6) is 0 Å². The van der Waals surface area contributed by atoms with E-state index in [1.54, 1.807) is 12.3 Å². The molecule has 1 aliphatic heterocycles. The van der Waals surface area contributed by atoms with Crippen molar-refractivity contribution in [2.24, 2.45) is 0 Å². The predicted octanol–water partition coefficient (Wildman–Crippen LogP) is 1.85. The van der Waals surface area contributed by atoms with Crippen molar-refractivity contribution in [1.29, 1.82) is 0 Å². The van der Waals surface area contributed by atoms with E-state index in [1.807, 2.05) is 36.5 Å². The van der Waals surface area contributed by atoms with Crippen molar-refractivity contribution < 1.29 is 9.59 Å². The Morgan fingerprint density at radius 3 is 2.47 bits per heavy atom. The van der Waals surface area contributed by atoms with Crippen molar-refractivity contribution in [3.05, 3.63) is 64.9 Å². The Balaban J connectivity index is 1.57. The maximum absolute atomic E-state index is 12.4. The summed E-state index contributed by atoms with van der Waals surface area (Å²) < 4.78 is 0. The maximum atomic E-state index is 12.4. The Labute approximate surface area is 182 Å². The number of carbonyl (C=O) groups is 2. The van der Waals surface area contributed by atoms with Gasteiger partial charge in [0.2, 0.25) is 0 Å². The molecule has 2 aromatic rings. The van der Waals surface area contributed by atoms with Crippen LogP contribution in [0.2, 0.25) is 5.02 Å². The first-order chi connectivity index (χ1) is 14.6. The number of pyridine rings is 1. The number of likely N-dealkylation sites (N-methyl/N-ethyl adjacent to an activating group) is 1. The van der Waals surface area contributed by atoms with Crippen molar-refractivity contribution in [1.82, 2.24) is 25.4 Å². The van der Waals surface area contributed by atoms with Gasteiger partial charge in [-0.15, -0.1) is 0 Å². The summed E-state index contributed by atoms with van der Waals surface area (Å²) in [5.41, 5.74) is 1.79. The number of aromatic nitrogens is 1. The summed E-state index contributed by atoms with van der Waals surface area (Å²) in [5.74, 6) is -1.32. The van der Waals surface area contributed by atoms with Crippen LogP contribution in [-0.4, -0.2) is 65.9 Å². The third-order valence-corrected chi connectivity index (χ3v) is 5.79. The van der Waals surface area contributed by atoms with E-state index in [0.717, 1.165) is 43.9 Å². The largest absolute Gasteiger partial charge is 0.346 e. The van der Waals surface area contributed by atoms with Gasteiger partial charge in [-0.3, -0.25) is 19.5 Å². The summed E-state index contributed by atoms with van der Waals surface area (Å²) in [7, 11) is 0. The van der Waals surface area contributed by atoms with E-state index in [4.69, 9.17) is 11.6 Å². The number of piperazine rings is 1. The highest BCUT2D eigenvalue weighted by atomic mass is 35.5. The van der Waals surface area contributed by atoms with E-state index >= 15 is 0 Å². The molecule has 30 heavy (non-hydrogen) atoms. The number of hydrogen-bond acceptors (Lipinski definition) is 5. The molecule has 0 radical (unpaired) electrons. The van der Waals surface area contributed by atoms with Crippen LogP contribution in [0.15, 0.2) is 48.8 Å². The SMILES string of the molecule is CCN1CCN([C@H](CNC(=O)C(=O)NCc2ccccc2Cl)c2cccnc2)CC1. The van der Waals surface area contributed by atoms with Crippen LogP contribution in [0.1, 0.15) is 24.1 Å². The molecule has 1 fully saturated rings. The highest BCUT2D eigenvalue weighted by Crippen LogP contribution is 2.21. The Morgan fingerprint density at radius 2 is 1.80 bits per heavy atom. The smallest absolute Gasteiger partial charge is 0.309 e. The third-order valence-electron chi connectivity index (χ3n) is 5.42. The highest BCUT2D eigenvalue weighted by molar-refractivity contribution is 6.35. The molecule has 1 saturated heterocycles. The number of rotatable bonds is 7. The first-order valence-electron chi connectivity index (χ1n) is 10.2. The van der Waals surface area contributed by atoms with Gasteiger partial charge in [0, 0.05) is 56.7 Å². The van der Waals surface area contributed by atoms with Crippen LogP contribution >= 0.6 is 11.6 Å². The summed E-state index contributed by atoms with van der Waals surface area (Å²) >= 11 is 6.10. The summed E-state index contributed by atoms with van der Waals surface area (Å²) in [6, 6.07) is 11.1. The standard InChI is InChI=1S/C22H28ClN5O2/c1-2-27-10-12-28(13-11-27)20(18-7-5-9-24-14-18)16-26-22(30)21(29)25-15-17-6-3-4-8-19(17)23/h3-9,14,20H,2,10-13,15-16H2,1H3,(H,25,29)(H,26,30)/t20-/m1/s1. The fraction of sp³-hybridized carbons (Fsp3) is 0.409. The van der Waals surface area contributed by atoms with E-state index in [-0.39, 0.29) is 12.6 Å². The fourth-order valence-electron chi connectivity index (χ4n) is 3.59. The zero-order valence-corrected chi connectivity index (χ0v) is 17.9. The zero-order chi connectivity index (χ0) is 21.3. The lowest BCUT2D eigenvalue weighted by atomic mass is 10.1. The Hall–Kier alpha value is -2.48. The number of carbonyl (C=O) groups excluding carboxylic acids is 2. The van der Waals surface area contributed by atoms with Gasteiger partial charge in [0.15, 0.2) is 0 Å². The Bertz CT molecular complexity index is 840. The second-order valence-corrected chi connectivity index (χ2v) is 7.66. The van der Waals surface area contributed by atoms with Crippen LogP contribution < -0.4 is 10.6 Å². The molecule has 1 atom stereocenters. The zero-order valence-electron chi connectivity index (χ0n) is 17.2. The molecule has 1 aromatic heterocycles. The average molecular weight is 430 g/mol. The van der Waals surface area contributed by atoms with Crippen molar-refractivity contribution in [3.8, 4) is 0 Å². The third kappa shape index (κ3) is 6.01. The molecule has 8 heteroatoms. The molecule has 0 bridgehead atoms. The molecule has 160 valence electrons. The van der Waals surface area contributed by atoms with Gasteiger partial charge in [-0.2, -0.15) is 0 Å². The van der Waals surface area contributed by atoms with E-state index in [1.165, 1.54) is 0 Å². The number of amides is 2. The van der Waals surface area contributed by atoms with Gasteiger partial charge in [0.25, 0.3) is 0 Å². The number of nitrogens with zero attached hydrogens (tertiary/aromatic N) is 3. The molecular weight excluding hydrogens is 402 g/mol. The maximum Gasteiger partial charge on any atom is 0.309 e. The molecule has 0 saturated carbocycles. The van der Waals surface area contributed by atoms with Gasteiger partial charge in [0.05, 0.1) is 6.04 Å². The van der Waals surface area contributed by atoms with E-state index < -0.39 is 11.8 Å². The predicted molar refractivity (Wildman–Crippen MR) is 117 cm³/mol. The molecule has 3 rings (SSSR count). The van der Waals surface area contributed by atoms with E-state index in [0.29, 0.717) is 11.6 Å². The summed E-state index contributed by atoms with van der Waals surface area (Å²) in [5, 5.41) is 5.97. The van der Waals surface area contributed by atoms with Crippen LogP contribution in [0, 0.1) is 0 Å². The molecule has 0 aliphatic carbocycles. The van der Waals surface area contributed by atoms with E-state index in [9.17, 15) is 9.59 Å². The van der Waals surface area contributed by atoms with Gasteiger partial charge < -0.3 is 15.5 Å². The number of benzene rings is 1. The monoisotopic (exact) mass is 429 g/mol. The summed E-state index contributed by atoms with van der Waals surface area (Å²) in [6.07, 6.45) is 3.55. The first kappa shape index (κ1) is 22.2. The Morgan fingerprint density at radius 1 is 1.07 bits per heavy atom. The van der Waals surface area contributed by atoms with Crippen molar-refractivity contribution >= 4 is 23.4 Å². The van der Waals surface area contributed by atoms with Crippen molar-refractivity contribution in [2.75, 3.05) is 39.3 Å². The lowest BCUT2D eigenvalue weighted by Gasteiger charge is -2.39. The topological polar surface area (TPSA) is 77.6 Å². The Kier molecular flexibility index (Phi) is 8.19. The number of halogens is 1. The second kappa shape index (κ2) is 11.1. The molecule has 0 spiro atoms. The minimum absolute atomic E-state index is 0.0296. The average Bonchev–Trinajstić information content (AvgIpc) is 2.79. The number of nitrogens with one attached hydrogen (secondary N) is 2. The molecule has 2 N–H and O–H groups in total. The molecule has 1 aromatic carbocycles. The molecule has 2 heterocycles. The summed E-state index contributed by atoms with van der Waals surface area (Å²) in [4.78, 5) is 33.6. The van der Waals surface area contributed by atoms with Gasteiger partial charge in [-0.1, -0.05) is 42.8 Å². The van der Waals surface area contributed by atoms with Gasteiger partial charge in [0.1, 0.15) is 0 Å². The first-order valence-corrected chi connectivity index (χ1v) is 10.6. The van der Waals surface area contributed by atoms with Gasteiger partial charge in [-0.25, -0.2) is 0 Å². The fourth-order valence-corrected chi connectivity index (χ4v) is 3.79. The minimum atomic E-state index is -0.671. The number of hydrogen-bond donors (Lipinski definition) is 2. The summed E-state index contributed by atoms with van der Waals surface area (Å²) in [6.45, 7) is 7.53.